The first-order valence-corrected chi connectivity index (χ1v) is 13.6. The largest absolute Gasteiger partial charge is 0.490 e. The first-order chi connectivity index (χ1) is 18.9. The summed E-state index contributed by atoms with van der Waals surface area (Å²) < 4.78 is 37.9. The van der Waals surface area contributed by atoms with Gasteiger partial charge >= 0.3 is 5.97 Å². The number of hydrogen-bond donors (Lipinski definition) is 1. The number of fused-ring (bicyclic) bond motifs is 2. The highest BCUT2D eigenvalue weighted by atomic mass is 79.9. The third kappa shape index (κ3) is 6.29. The van der Waals surface area contributed by atoms with Crippen LogP contribution in [0.4, 0.5) is 10.1 Å². The maximum atomic E-state index is 15.5. The van der Waals surface area contributed by atoms with E-state index in [1.54, 1.807) is 43.9 Å². The number of ketones is 1. The lowest BCUT2D eigenvalue weighted by atomic mass is 9.84. The predicted molar refractivity (Wildman–Crippen MR) is 160 cm³/mol. The van der Waals surface area contributed by atoms with E-state index in [9.17, 15) is 9.59 Å². The number of halogens is 2. The number of Topliss-reactive ketones (excluding diaryl/α,β-unsaturated/α-hetero) is 1. The maximum absolute atomic E-state index is 15.5. The standard InChI is InChI=1S/C30H38FN3O6.BrH/c1-8-37-22-13-18-14-34(28(32)24(18)25(31)27(22)38-9-2)15-21(35)17-11-19(30(4,5)6)26-20(12-17)33(7)16-23(40-26)29(36)39-10-3;/h11-13,23,32H,8-10,14-16H2,1-7H3;1H. The fourth-order valence-corrected chi connectivity index (χ4v) is 5.05. The van der Waals surface area contributed by atoms with Gasteiger partial charge in [-0.1, -0.05) is 20.8 Å². The molecule has 2 heterocycles. The minimum atomic E-state index is -0.776. The smallest absolute Gasteiger partial charge is 0.349 e. The van der Waals surface area contributed by atoms with Crippen molar-refractivity contribution >= 4 is 40.3 Å². The molecule has 0 radical (unpaired) electrons. The molecule has 1 unspecified atom stereocenters. The molecule has 2 aliphatic heterocycles. The van der Waals surface area contributed by atoms with Gasteiger partial charge in [0.1, 0.15) is 11.6 Å². The number of nitrogens with zero attached hydrogens (tertiary/aromatic N) is 2. The number of ether oxygens (including phenoxy) is 4. The summed E-state index contributed by atoms with van der Waals surface area (Å²) in [6, 6.07) is 5.23. The lowest BCUT2D eigenvalue weighted by Crippen LogP contribution is -2.44. The Morgan fingerprint density at radius 2 is 1.78 bits per heavy atom. The van der Waals surface area contributed by atoms with Crippen LogP contribution in [0.25, 0.3) is 0 Å². The SMILES string of the molecule is Br.CCOC(=O)C1CN(C)c2cc(C(=O)CN3Cc4cc(OCC)c(OCC)c(F)c4C3=N)cc(C(C)(C)C)c2O1. The first-order valence-electron chi connectivity index (χ1n) is 13.6. The van der Waals surface area contributed by atoms with Crippen LogP contribution in [0.1, 0.15) is 68.6 Å². The molecule has 2 aromatic carbocycles. The highest BCUT2D eigenvalue weighted by Crippen LogP contribution is 2.43. The van der Waals surface area contributed by atoms with Crippen molar-refractivity contribution in [3.63, 3.8) is 0 Å². The summed E-state index contributed by atoms with van der Waals surface area (Å²) >= 11 is 0. The van der Waals surface area contributed by atoms with E-state index in [2.05, 4.69) is 0 Å². The van der Waals surface area contributed by atoms with Gasteiger partial charge in [-0.05, 0) is 49.9 Å². The minimum Gasteiger partial charge on any atom is -0.490 e. The summed E-state index contributed by atoms with van der Waals surface area (Å²) in [4.78, 5) is 29.5. The zero-order chi connectivity index (χ0) is 29.4. The van der Waals surface area contributed by atoms with Crippen molar-refractivity contribution in [2.24, 2.45) is 0 Å². The molecule has 9 nitrogen and oxygen atoms in total. The van der Waals surface area contributed by atoms with Crippen LogP contribution in [0.2, 0.25) is 0 Å². The van der Waals surface area contributed by atoms with Crippen LogP contribution in [0.3, 0.4) is 0 Å². The highest BCUT2D eigenvalue weighted by molar-refractivity contribution is 8.93. The summed E-state index contributed by atoms with van der Waals surface area (Å²) in [5, 5.41) is 8.67. The molecule has 0 saturated carbocycles. The Hall–Kier alpha value is -3.34. The van der Waals surface area contributed by atoms with Crippen LogP contribution in [0.5, 0.6) is 17.2 Å². The van der Waals surface area contributed by atoms with Crippen molar-refractivity contribution in [1.82, 2.24) is 4.90 Å². The molecular weight excluding hydrogens is 597 g/mol. The molecule has 1 N–H and O–H groups in total. The van der Waals surface area contributed by atoms with Crippen molar-refractivity contribution < 1.29 is 32.9 Å². The molecule has 1 atom stereocenters. The molecule has 224 valence electrons. The molecule has 41 heavy (non-hydrogen) atoms. The van der Waals surface area contributed by atoms with Crippen LogP contribution in [-0.2, 0) is 21.5 Å². The summed E-state index contributed by atoms with van der Waals surface area (Å²) in [5.41, 5.74) is 2.22. The monoisotopic (exact) mass is 635 g/mol. The molecule has 4 rings (SSSR count). The van der Waals surface area contributed by atoms with E-state index in [-0.39, 0.29) is 78.5 Å². The number of nitrogens with one attached hydrogen (secondary N) is 1. The Balaban J connectivity index is 0.00000462. The number of carbonyl (C=O) groups excluding carboxylic acids is 2. The van der Waals surface area contributed by atoms with Gasteiger partial charge in [-0.15, -0.1) is 17.0 Å². The summed E-state index contributed by atoms with van der Waals surface area (Å²) in [6.07, 6.45) is -0.776. The molecule has 11 heteroatoms. The van der Waals surface area contributed by atoms with E-state index in [1.165, 1.54) is 0 Å². The molecular formula is C30H39BrFN3O6. The maximum Gasteiger partial charge on any atom is 0.349 e. The van der Waals surface area contributed by atoms with Crippen molar-refractivity contribution in [3.8, 4) is 17.2 Å². The normalized spacial score (nSPS) is 15.9. The van der Waals surface area contributed by atoms with Crippen molar-refractivity contribution in [1.29, 1.82) is 5.41 Å². The predicted octanol–water partition coefficient (Wildman–Crippen LogP) is 5.28. The van der Waals surface area contributed by atoms with Gasteiger partial charge in [0, 0.05) is 24.7 Å². The fraction of sp³-hybridized carbons (Fsp3) is 0.500. The third-order valence-electron chi connectivity index (χ3n) is 6.97. The number of amidine groups is 1. The van der Waals surface area contributed by atoms with Gasteiger partial charge in [-0.2, -0.15) is 0 Å². The van der Waals surface area contributed by atoms with Crippen LogP contribution in [0, 0.1) is 11.2 Å². The number of carbonyl (C=O) groups is 2. The van der Waals surface area contributed by atoms with Crippen molar-refractivity contribution in [3.05, 3.63) is 46.3 Å². The summed E-state index contributed by atoms with van der Waals surface area (Å²) in [6.45, 7) is 12.5. The van der Waals surface area contributed by atoms with E-state index in [1.807, 2.05) is 32.7 Å². The summed E-state index contributed by atoms with van der Waals surface area (Å²) in [5.74, 6) is -0.560. The number of esters is 1. The van der Waals surface area contributed by atoms with Gasteiger partial charge < -0.3 is 28.7 Å². The van der Waals surface area contributed by atoms with E-state index in [4.69, 9.17) is 24.4 Å². The molecule has 2 aliphatic rings. The zero-order valence-corrected chi connectivity index (χ0v) is 26.4. The number of rotatable bonds is 9. The number of anilines is 1. The van der Waals surface area contributed by atoms with Crippen LogP contribution in [-0.4, -0.2) is 68.5 Å². The Kier molecular flexibility index (Phi) is 9.94. The second-order valence-corrected chi connectivity index (χ2v) is 10.9. The molecule has 0 amide bonds. The zero-order valence-electron chi connectivity index (χ0n) is 24.7. The minimum absolute atomic E-state index is 0. The number of likely N-dealkylation sites (N-methyl/N-ethyl adjacent to an activating group) is 1. The first kappa shape index (κ1) is 32.2. The highest BCUT2D eigenvalue weighted by Gasteiger charge is 2.37. The third-order valence-corrected chi connectivity index (χ3v) is 6.97. The fourth-order valence-electron chi connectivity index (χ4n) is 5.05. The van der Waals surface area contributed by atoms with Gasteiger partial charge in [0.05, 0.1) is 44.2 Å². The van der Waals surface area contributed by atoms with Gasteiger partial charge in [0.2, 0.25) is 6.10 Å². The lowest BCUT2D eigenvalue weighted by molar-refractivity contribution is -0.151. The molecule has 0 fully saturated rings. The number of benzene rings is 2. The summed E-state index contributed by atoms with van der Waals surface area (Å²) in [7, 11) is 1.84. The topological polar surface area (TPSA) is 101 Å². The van der Waals surface area contributed by atoms with Crippen molar-refractivity contribution in [2.45, 2.75) is 59.6 Å². The van der Waals surface area contributed by atoms with E-state index >= 15 is 4.39 Å². The van der Waals surface area contributed by atoms with E-state index in [0.717, 1.165) is 5.56 Å². The molecule has 0 bridgehead atoms. The number of hydrogen-bond acceptors (Lipinski definition) is 8. The van der Waals surface area contributed by atoms with Gasteiger partial charge in [-0.3, -0.25) is 10.2 Å². The van der Waals surface area contributed by atoms with Crippen LogP contribution in [0.15, 0.2) is 18.2 Å². The Morgan fingerprint density at radius 3 is 2.39 bits per heavy atom. The van der Waals surface area contributed by atoms with Gasteiger partial charge in [0.25, 0.3) is 0 Å². The molecule has 0 aliphatic carbocycles. The lowest BCUT2D eigenvalue weighted by Gasteiger charge is -2.36. The quantitative estimate of drug-likeness (QED) is 0.293. The Bertz CT molecular complexity index is 1340. The molecule has 2 aromatic rings. The second-order valence-electron chi connectivity index (χ2n) is 10.9. The Morgan fingerprint density at radius 1 is 1.10 bits per heavy atom. The van der Waals surface area contributed by atoms with Gasteiger partial charge in [0.15, 0.2) is 23.1 Å². The van der Waals surface area contributed by atoms with Crippen molar-refractivity contribution in [2.75, 3.05) is 44.9 Å². The van der Waals surface area contributed by atoms with Crippen LogP contribution >= 0.6 is 17.0 Å². The average Bonchev–Trinajstić information content (AvgIpc) is 3.20. The molecule has 0 spiro atoms. The van der Waals surface area contributed by atoms with Gasteiger partial charge in [-0.25, -0.2) is 9.18 Å². The molecule has 0 aromatic heterocycles. The van der Waals surface area contributed by atoms with Crippen LogP contribution < -0.4 is 19.1 Å². The van der Waals surface area contributed by atoms with E-state index in [0.29, 0.717) is 29.2 Å². The molecule has 0 saturated heterocycles. The van der Waals surface area contributed by atoms with E-state index < -0.39 is 23.3 Å². The Labute approximate surface area is 251 Å². The average molecular weight is 637 g/mol. The second kappa shape index (κ2) is 12.7.